The summed E-state index contributed by atoms with van der Waals surface area (Å²) >= 11 is 7.88. The molecule has 2 N–H and O–H groups in total. The van der Waals surface area contributed by atoms with Gasteiger partial charge in [-0.15, -0.1) is 0 Å². The van der Waals surface area contributed by atoms with Crippen LogP contribution in [0.4, 0.5) is 4.39 Å². The van der Waals surface area contributed by atoms with Crippen LogP contribution >= 0.6 is 28.1 Å². The zero-order valence-electron chi connectivity index (χ0n) is 9.06. The zero-order chi connectivity index (χ0) is 13.1. The van der Waals surface area contributed by atoms with Gasteiger partial charge in [0.25, 0.3) is 0 Å². The molecular formula is C12H8BrFN2OS. The van der Waals surface area contributed by atoms with Crippen molar-refractivity contribution in [3.63, 3.8) is 0 Å². The Kier molecular flexibility index (Phi) is 3.88. The van der Waals surface area contributed by atoms with Gasteiger partial charge in [0, 0.05) is 0 Å². The second kappa shape index (κ2) is 5.41. The summed E-state index contributed by atoms with van der Waals surface area (Å²) in [6.07, 6.45) is 1.51. The highest BCUT2D eigenvalue weighted by atomic mass is 79.9. The van der Waals surface area contributed by atoms with E-state index in [9.17, 15) is 4.39 Å². The highest BCUT2D eigenvalue weighted by Gasteiger charge is 2.04. The summed E-state index contributed by atoms with van der Waals surface area (Å²) in [5.41, 5.74) is 5.96. The van der Waals surface area contributed by atoms with Gasteiger partial charge < -0.3 is 10.5 Å². The van der Waals surface area contributed by atoms with E-state index in [-0.39, 0.29) is 10.8 Å². The number of benzene rings is 1. The molecule has 2 aromatic rings. The molecule has 0 atom stereocenters. The van der Waals surface area contributed by atoms with Gasteiger partial charge in [-0.2, -0.15) is 0 Å². The predicted octanol–water partition coefficient (Wildman–Crippen LogP) is 3.41. The lowest BCUT2D eigenvalue weighted by molar-refractivity contribution is 0.477. The number of ether oxygens (including phenoxy) is 1. The normalized spacial score (nSPS) is 10.1. The maximum atomic E-state index is 13.0. The van der Waals surface area contributed by atoms with E-state index in [0.29, 0.717) is 21.7 Å². The Labute approximate surface area is 117 Å². The van der Waals surface area contributed by atoms with Crippen LogP contribution in [0.1, 0.15) is 5.69 Å². The third kappa shape index (κ3) is 3.02. The molecule has 0 spiro atoms. The number of hydrogen-bond donors (Lipinski definition) is 1. The number of rotatable bonds is 3. The Hall–Kier alpha value is -1.53. The van der Waals surface area contributed by atoms with Crippen molar-refractivity contribution >= 4 is 33.1 Å². The average Bonchev–Trinajstić information content (AvgIpc) is 2.34. The topological polar surface area (TPSA) is 48.1 Å². The second-order valence-electron chi connectivity index (χ2n) is 3.42. The number of hydrogen-bond acceptors (Lipinski definition) is 3. The molecule has 2 rings (SSSR count). The van der Waals surface area contributed by atoms with Gasteiger partial charge in [0.15, 0.2) is 0 Å². The zero-order valence-corrected chi connectivity index (χ0v) is 11.5. The molecule has 0 aliphatic rings. The molecule has 0 aliphatic heterocycles. The minimum atomic E-state index is -0.343. The summed E-state index contributed by atoms with van der Waals surface area (Å²) < 4.78 is 18.9. The molecule has 6 heteroatoms. The van der Waals surface area contributed by atoms with Crippen molar-refractivity contribution in [1.82, 2.24) is 4.98 Å². The number of nitrogens with two attached hydrogens (primary N) is 1. The minimum Gasteiger partial charge on any atom is -0.456 e. The molecule has 1 aromatic carbocycles. The number of nitrogens with zero attached hydrogens (tertiary/aromatic N) is 1. The van der Waals surface area contributed by atoms with Crippen LogP contribution in [0.3, 0.4) is 0 Å². The van der Waals surface area contributed by atoms with Gasteiger partial charge in [0.05, 0.1) is 16.4 Å². The second-order valence-corrected chi connectivity index (χ2v) is 4.72. The van der Waals surface area contributed by atoms with Crippen LogP contribution in [-0.4, -0.2) is 9.97 Å². The van der Waals surface area contributed by atoms with Crippen LogP contribution in [-0.2, 0) is 0 Å². The van der Waals surface area contributed by atoms with E-state index in [1.165, 1.54) is 24.4 Å². The van der Waals surface area contributed by atoms with Crippen LogP contribution in [0.25, 0.3) is 0 Å². The Bertz CT molecular complexity index is 589. The molecule has 0 fully saturated rings. The van der Waals surface area contributed by atoms with Gasteiger partial charge in [-0.25, -0.2) is 9.37 Å². The molecule has 3 nitrogen and oxygen atoms in total. The monoisotopic (exact) mass is 326 g/mol. The minimum absolute atomic E-state index is 0.228. The summed E-state index contributed by atoms with van der Waals surface area (Å²) in [5, 5.41) is 0. The average molecular weight is 327 g/mol. The predicted molar refractivity (Wildman–Crippen MR) is 74.3 cm³/mol. The van der Waals surface area contributed by atoms with Crippen molar-refractivity contribution < 1.29 is 9.13 Å². The van der Waals surface area contributed by atoms with E-state index in [1.807, 2.05) is 0 Å². The third-order valence-corrected chi connectivity index (χ3v) is 2.93. The molecule has 0 saturated heterocycles. The highest BCUT2D eigenvalue weighted by molar-refractivity contribution is 9.10. The van der Waals surface area contributed by atoms with Gasteiger partial charge in [0.2, 0.25) is 0 Å². The molecule has 0 saturated carbocycles. The van der Waals surface area contributed by atoms with Crippen LogP contribution in [0, 0.1) is 5.82 Å². The first kappa shape index (κ1) is 12.9. The molecule has 0 aliphatic carbocycles. The number of pyridine rings is 1. The highest BCUT2D eigenvalue weighted by Crippen LogP contribution is 2.25. The van der Waals surface area contributed by atoms with E-state index in [1.54, 1.807) is 12.1 Å². The van der Waals surface area contributed by atoms with Gasteiger partial charge in [-0.1, -0.05) is 12.2 Å². The summed E-state index contributed by atoms with van der Waals surface area (Å²) in [7, 11) is 0. The first-order chi connectivity index (χ1) is 8.56. The molecule has 0 amide bonds. The summed E-state index contributed by atoms with van der Waals surface area (Å²) in [4.78, 5) is 4.27. The number of halogens is 2. The Morgan fingerprint density at radius 3 is 2.56 bits per heavy atom. The van der Waals surface area contributed by atoms with Crippen LogP contribution < -0.4 is 10.5 Å². The molecule has 92 valence electrons. The molecule has 1 heterocycles. The van der Waals surface area contributed by atoms with Gasteiger partial charge in [-0.05, 0) is 46.3 Å². The molecule has 0 unspecified atom stereocenters. The van der Waals surface area contributed by atoms with E-state index in [4.69, 9.17) is 22.7 Å². The van der Waals surface area contributed by atoms with Crippen LogP contribution in [0.5, 0.6) is 11.5 Å². The summed E-state index contributed by atoms with van der Waals surface area (Å²) in [5.74, 6) is 0.686. The maximum Gasteiger partial charge on any atom is 0.145 e. The van der Waals surface area contributed by atoms with Crippen LogP contribution in [0.2, 0.25) is 0 Å². The lowest BCUT2D eigenvalue weighted by Gasteiger charge is -2.06. The van der Waals surface area contributed by atoms with Crippen molar-refractivity contribution in [1.29, 1.82) is 0 Å². The Morgan fingerprint density at radius 1 is 1.28 bits per heavy atom. The lowest BCUT2D eigenvalue weighted by atomic mass is 10.3. The van der Waals surface area contributed by atoms with Crippen molar-refractivity contribution in [2.45, 2.75) is 0 Å². The lowest BCUT2D eigenvalue weighted by Crippen LogP contribution is -2.10. The largest absolute Gasteiger partial charge is 0.456 e. The summed E-state index contributed by atoms with van der Waals surface area (Å²) in [6.45, 7) is 0. The molecule has 1 aromatic heterocycles. The van der Waals surface area contributed by atoms with Gasteiger partial charge in [0.1, 0.15) is 22.3 Å². The van der Waals surface area contributed by atoms with E-state index < -0.39 is 0 Å². The number of thiocarbonyl (C=S) groups is 1. The molecule has 18 heavy (non-hydrogen) atoms. The maximum absolute atomic E-state index is 13.0. The van der Waals surface area contributed by atoms with E-state index in [2.05, 4.69) is 20.9 Å². The fourth-order valence-corrected chi connectivity index (χ4v) is 1.74. The Balaban J connectivity index is 2.18. The van der Waals surface area contributed by atoms with Crippen molar-refractivity contribution in [2.24, 2.45) is 5.73 Å². The van der Waals surface area contributed by atoms with E-state index in [0.717, 1.165) is 0 Å². The molecule has 0 bridgehead atoms. The van der Waals surface area contributed by atoms with Crippen molar-refractivity contribution in [3.8, 4) is 11.5 Å². The standard InChI is InChI=1S/C12H8BrFN2OS/c13-9-5-7(1-3-10(9)14)17-8-2-4-11(12(15)18)16-6-8/h1-6H,(H2,15,18). The SMILES string of the molecule is NC(=S)c1ccc(Oc2ccc(F)c(Br)c2)cn1. The molecule has 0 radical (unpaired) electrons. The first-order valence-corrected chi connectivity index (χ1v) is 6.15. The fourth-order valence-electron chi connectivity index (χ4n) is 1.26. The van der Waals surface area contributed by atoms with Gasteiger partial charge >= 0.3 is 0 Å². The smallest absolute Gasteiger partial charge is 0.145 e. The van der Waals surface area contributed by atoms with Crippen LogP contribution in [0.15, 0.2) is 41.0 Å². The first-order valence-electron chi connectivity index (χ1n) is 4.95. The Morgan fingerprint density at radius 2 is 2.00 bits per heavy atom. The quantitative estimate of drug-likeness (QED) is 0.878. The van der Waals surface area contributed by atoms with Gasteiger partial charge in [-0.3, -0.25) is 0 Å². The number of aromatic nitrogens is 1. The van der Waals surface area contributed by atoms with Crippen molar-refractivity contribution in [2.75, 3.05) is 0 Å². The molecular weight excluding hydrogens is 319 g/mol. The van der Waals surface area contributed by atoms with Crippen molar-refractivity contribution in [3.05, 3.63) is 52.5 Å². The van der Waals surface area contributed by atoms with E-state index >= 15 is 0 Å². The third-order valence-electron chi connectivity index (χ3n) is 2.12. The fraction of sp³-hybridized carbons (Fsp3) is 0. The summed E-state index contributed by atoms with van der Waals surface area (Å²) in [6, 6.07) is 7.74.